The lowest BCUT2D eigenvalue weighted by atomic mass is 10.3. The van der Waals surface area contributed by atoms with E-state index in [1.807, 2.05) is 0 Å². The van der Waals surface area contributed by atoms with Crippen molar-refractivity contribution < 1.29 is 14.2 Å². The molecule has 0 fully saturated rings. The fourth-order valence-corrected chi connectivity index (χ4v) is 2.19. The first kappa shape index (κ1) is 21.0. The van der Waals surface area contributed by atoms with Gasteiger partial charge in [0.05, 0.1) is 23.3 Å². The minimum atomic E-state index is 0.118. The summed E-state index contributed by atoms with van der Waals surface area (Å²) in [5.74, 6) is 0.817. The van der Waals surface area contributed by atoms with Crippen LogP contribution in [0.5, 0.6) is 11.5 Å². The van der Waals surface area contributed by atoms with Crippen LogP contribution in [0.3, 0.4) is 0 Å². The summed E-state index contributed by atoms with van der Waals surface area (Å²) in [4.78, 5) is 0. The maximum absolute atomic E-state index is 6.12. The van der Waals surface area contributed by atoms with Gasteiger partial charge in [-0.05, 0) is 12.2 Å². The number of rotatable bonds is 9. The first-order valence-electron chi connectivity index (χ1n) is 6.25. The van der Waals surface area contributed by atoms with Gasteiger partial charge in [-0.25, -0.2) is 0 Å². The van der Waals surface area contributed by atoms with Gasteiger partial charge >= 0.3 is 0 Å². The van der Waals surface area contributed by atoms with E-state index in [9.17, 15) is 0 Å². The van der Waals surface area contributed by atoms with Gasteiger partial charge in [0.2, 0.25) is 0 Å². The largest absolute Gasteiger partial charge is 0.489 e. The summed E-state index contributed by atoms with van der Waals surface area (Å²) < 4.78 is 16.4. The van der Waals surface area contributed by atoms with E-state index in [1.165, 1.54) is 12.2 Å². The molecule has 0 bridgehead atoms. The molecule has 0 saturated carbocycles. The normalized spacial score (nSPS) is 10.2. The molecule has 0 aliphatic carbocycles. The van der Waals surface area contributed by atoms with Crippen LogP contribution in [0.1, 0.15) is 0 Å². The van der Waals surface area contributed by atoms with Crippen molar-refractivity contribution in [2.75, 3.05) is 26.4 Å². The summed E-state index contributed by atoms with van der Waals surface area (Å²) in [6, 6.07) is 3.16. The Kier molecular flexibility index (Phi) is 10.6. The summed E-state index contributed by atoms with van der Waals surface area (Å²) in [7, 11) is 0. The Balaban J connectivity index is 2.50. The molecule has 0 atom stereocenters. The Bertz CT molecular complexity index is 543. The van der Waals surface area contributed by atoms with Crippen LogP contribution in [0, 0.1) is 0 Å². The average Bonchev–Trinajstić information content (AvgIpc) is 2.44. The molecule has 0 amide bonds. The Hall–Kier alpha value is -0.000000000000000167. The molecule has 0 radical (unpaired) electrons. The van der Waals surface area contributed by atoms with Crippen molar-refractivity contribution in [1.29, 1.82) is 0 Å². The zero-order valence-electron chi connectivity index (χ0n) is 11.6. The van der Waals surface area contributed by atoms with Gasteiger partial charge in [-0.3, -0.25) is 0 Å². The molecule has 0 heterocycles. The molecule has 1 aromatic carbocycles. The summed E-state index contributed by atoms with van der Waals surface area (Å²) in [5, 5.41) is 0.634. The molecule has 3 nitrogen and oxygen atoms in total. The van der Waals surface area contributed by atoms with Crippen molar-refractivity contribution in [3.63, 3.8) is 0 Å². The Morgan fingerprint density at radius 1 is 0.826 bits per heavy atom. The van der Waals surface area contributed by atoms with Crippen LogP contribution in [-0.2, 0) is 4.74 Å². The number of hydrogen-bond donors (Lipinski definition) is 0. The van der Waals surface area contributed by atoms with Crippen LogP contribution in [0.4, 0.5) is 0 Å². The highest BCUT2D eigenvalue weighted by Gasteiger charge is 2.10. The second-order valence-electron chi connectivity index (χ2n) is 3.94. The van der Waals surface area contributed by atoms with Crippen molar-refractivity contribution in [2.45, 2.75) is 0 Å². The molecule has 23 heavy (non-hydrogen) atoms. The standard InChI is InChI=1S/C14H12Cl6O3/c15-10-7-9(22-4-2-13(19)20)8-11(16)14(10)23-6-5-21-3-1-12(17)18/h1-2,7-8H,3-6H2. The number of halogens is 6. The zero-order chi connectivity index (χ0) is 17.2. The van der Waals surface area contributed by atoms with E-state index in [1.54, 1.807) is 12.1 Å². The molecule has 0 unspecified atom stereocenters. The lowest BCUT2D eigenvalue weighted by Gasteiger charge is -2.12. The minimum absolute atomic E-state index is 0.118. The van der Waals surface area contributed by atoms with E-state index in [-0.39, 0.29) is 28.8 Å². The minimum Gasteiger partial charge on any atom is -0.489 e. The molecular formula is C14H12Cl6O3. The first-order chi connectivity index (χ1) is 10.9. The van der Waals surface area contributed by atoms with Crippen molar-refractivity contribution in [2.24, 2.45) is 0 Å². The highest BCUT2D eigenvalue weighted by molar-refractivity contribution is 6.56. The third-order valence-corrected chi connectivity index (χ3v) is 3.47. The van der Waals surface area contributed by atoms with Gasteiger partial charge < -0.3 is 14.2 Å². The van der Waals surface area contributed by atoms with E-state index in [4.69, 9.17) is 83.8 Å². The van der Waals surface area contributed by atoms with Gasteiger partial charge in [-0.15, -0.1) is 0 Å². The topological polar surface area (TPSA) is 27.7 Å². The summed E-state index contributed by atoms with van der Waals surface area (Å²) >= 11 is 34.1. The van der Waals surface area contributed by atoms with Gasteiger partial charge in [-0.2, -0.15) is 0 Å². The van der Waals surface area contributed by atoms with Crippen LogP contribution in [-0.4, -0.2) is 26.4 Å². The molecule has 9 heteroatoms. The molecule has 1 rings (SSSR count). The van der Waals surface area contributed by atoms with Gasteiger partial charge in [-0.1, -0.05) is 69.6 Å². The second-order valence-corrected chi connectivity index (χ2v) is 6.77. The fraction of sp³-hybridized carbons (Fsp3) is 0.286. The quantitative estimate of drug-likeness (QED) is 0.415. The molecule has 0 saturated heterocycles. The fourth-order valence-electron chi connectivity index (χ4n) is 1.37. The molecule has 1 aromatic rings. The van der Waals surface area contributed by atoms with E-state index in [0.29, 0.717) is 28.2 Å². The van der Waals surface area contributed by atoms with Crippen LogP contribution in [0.25, 0.3) is 0 Å². The molecule has 128 valence electrons. The second kappa shape index (κ2) is 11.5. The number of hydrogen-bond acceptors (Lipinski definition) is 3. The Labute approximate surface area is 164 Å². The predicted octanol–water partition coefficient (Wildman–Crippen LogP) is 6.41. The summed E-state index contributed by atoms with van der Waals surface area (Å²) in [6.07, 6.45) is 3.02. The van der Waals surface area contributed by atoms with E-state index in [0.717, 1.165) is 0 Å². The van der Waals surface area contributed by atoms with Crippen molar-refractivity contribution in [3.05, 3.63) is 43.3 Å². The highest BCUT2D eigenvalue weighted by atomic mass is 35.5. The van der Waals surface area contributed by atoms with Gasteiger partial charge in [0.25, 0.3) is 0 Å². The summed E-state index contributed by atoms with van der Waals surface area (Å²) in [5.41, 5.74) is 0. The van der Waals surface area contributed by atoms with Crippen LogP contribution >= 0.6 is 69.6 Å². The van der Waals surface area contributed by atoms with E-state index < -0.39 is 0 Å². The molecule has 0 aliphatic rings. The lowest BCUT2D eigenvalue weighted by Crippen LogP contribution is -2.07. The van der Waals surface area contributed by atoms with Crippen molar-refractivity contribution in [3.8, 4) is 11.5 Å². The van der Waals surface area contributed by atoms with Crippen molar-refractivity contribution in [1.82, 2.24) is 0 Å². The van der Waals surface area contributed by atoms with Gasteiger partial charge in [0.15, 0.2) is 5.75 Å². The van der Waals surface area contributed by atoms with Crippen LogP contribution in [0.15, 0.2) is 33.3 Å². The maximum atomic E-state index is 6.12. The SMILES string of the molecule is ClC(Cl)=CCOCCOc1c(Cl)cc(OCC=C(Cl)Cl)cc1Cl. The maximum Gasteiger partial charge on any atom is 0.156 e. The number of benzene rings is 1. The predicted molar refractivity (Wildman–Crippen MR) is 97.8 cm³/mol. The monoisotopic (exact) mass is 438 g/mol. The Morgan fingerprint density at radius 2 is 1.39 bits per heavy atom. The Morgan fingerprint density at radius 3 is 1.96 bits per heavy atom. The molecular weight excluding hydrogens is 429 g/mol. The molecule has 0 aliphatic heterocycles. The first-order valence-corrected chi connectivity index (χ1v) is 8.51. The van der Waals surface area contributed by atoms with E-state index in [2.05, 4.69) is 0 Å². The lowest BCUT2D eigenvalue weighted by molar-refractivity contribution is 0.121. The van der Waals surface area contributed by atoms with Crippen LogP contribution < -0.4 is 9.47 Å². The average molecular weight is 441 g/mol. The van der Waals surface area contributed by atoms with E-state index >= 15 is 0 Å². The molecule has 0 aromatic heterocycles. The molecule has 0 spiro atoms. The van der Waals surface area contributed by atoms with Gasteiger partial charge in [0, 0.05) is 12.1 Å². The third-order valence-electron chi connectivity index (χ3n) is 2.29. The smallest absolute Gasteiger partial charge is 0.156 e. The zero-order valence-corrected chi connectivity index (χ0v) is 16.2. The third kappa shape index (κ3) is 9.16. The molecule has 0 N–H and O–H groups in total. The summed E-state index contributed by atoms with van der Waals surface area (Å²) in [6.45, 7) is 1.07. The number of ether oxygens (including phenoxy) is 3. The highest BCUT2D eigenvalue weighted by Crippen LogP contribution is 2.36. The van der Waals surface area contributed by atoms with Gasteiger partial charge in [0.1, 0.15) is 27.9 Å². The van der Waals surface area contributed by atoms with Crippen LogP contribution in [0.2, 0.25) is 10.0 Å². The van der Waals surface area contributed by atoms with Crippen molar-refractivity contribution >= 4 is 69.6 Å².